The molecule has 0 spiro atoms. The first-order valence-corrected chi connectivity index (χ1v) is 7.47. The average molecular weight is 307 g/mol. The second-order valence-corrected chi connectivity index (χ2v) is 5.41. The van der Waals surface area contributed by atoms with Gasteiger partial charge in [-0.15, -0.1) is 0 Å². The van der Waals surface area contributed by atoms with E-state index in [1.807, 2.05) is 68.4 Å². The van der Waals surface area contributed by atoms with E-state index in [2.05, 4.69) is 4.99 Å². The molecule has 0 radical (unpaired) electrons. The molecule has 4 heteroatoms. The molecule has 0 unspecified atom stereocenters. The Bertz CT molecular complexity index is 776. The van der Waals surface area contributed by atoms with Crippen LogP contribution in [-0.4, -0.2) is 18.0 Å². The molecule has 2 aromatic carbocycles. The zero-order valence-corrected chi connectivity index (χ0v) is 13.0. The van der Waals surface area contributed by atoms with E-state index >= 15 is 0 Å². The smallest absolute Gasteiger partial charge is 0.363 e. The Kier molecular flexibility index (Phi) is 4.24. The third-order valence-corrected chi connectivity index (χ3v) is 3.22. The van der Waals surface area contributed by atoms with Crippen molar-refractivity contribution in [3.05, 3.63) is 71.4 Å². The second-order valence-electron chi connectivity index (χ2n) is 5.41. The van der Waals surface area contributed by atoms with Gasteiger partial charge in [0.2, 0.25) is 5.90 Å². The van der Waals surface area contributed by atoms with E-state index in [-0.39, 0.29) is 11.8 Å². The number of esters is 1. The molecule has 0 amide bonds. The highest BCUT2D eigenvalue weighted by molar-refractivity contribution is 6.12. The summed E-state index contributed by atoms with van der Waals surface area (Å²) in [4.78, 5) is 16.4. The first kappa shape index (κ1) is 15.0. The predicted octanol–water partition coefficient (Wildman–Crippen LogP) is 3.82. The van der Waals surface area contributed by atoms with Crippen molar-refractivity contribution in [3.63, 3.8) is 0 Å². The number of hydrogen-bond acceptors (Lipinski definition) is 4. The van der Waals surface area contributed by atoms with Crippen molar-refractivity contribution in [2.75, 3.05) is 0 Å². The van der Waals surface area contributed by atoms with Crippen molar-refractivity contribution >= 4 is 17.9 Å². The summed E-state index contributed by atoms with van der Waals surface area (Å²) in [5.74, 6) is 0.582. The summed E-state index contributed by atoms with van der Waals surface area (Å²) >= 11 is 0. The summed E-state index contributed by atoms with van der Waals surface area (Å²) in [5.41, 5.74) is 1.84. The first-order valence-electron chi connectivity index (χ1n) is 7.47. The molecule has 1 heterocycles. The van der Waals surface area contributed by atoms with Gasteiger partial charge in [0.05, 0.1) is 6.10 Å². The molecule has 0 aromatic heterocycles. The Morgan fingerprint density at radius 2 is 1.74 bits per heavy atom. The van der Waals surface area contributed by atoms with E-state index in [4.69, 9.17) is 9.47 Å². The first-order chi connectivity index (χ1) is 11.1. The maximum atomic E-state index is 12.0. The lowest BCUT2D eigenvalue weighted by atomic mass is 10.1. The molecule has 0 fully saturated rings. The van der Waals surface area contributed by atoms with Crippen molar-refractivity contribution in [3.8, 4) is 5.75 Å². The molecular formula is C19H17NO3. The fourth-order valence-electron chi connectivity index (χ4n) is 2.22. The van der Waals surface area contributed by atoms with Gasteiger partial charge in [-0.25, -0.2) is 9.79 Å². The molecule has 0 N–H and O–H groups in total. The van der Waals surface area contributed by atoms with Crippen LogP contribution in [0, 0.1) is 0 Å². The van der Waals surface area contributed by atoms with Crippen molar-refractivity contribution in [2.24, 2.45) is 4.99 Å². The normalized spacial score (nSPS) is 15.7. The topological polar surface area (TPSA) is 47.9 Å². The lowest BCUT2D eigenvalue weighted by Crippen LogP contribution is -2.07. The number of aliphatic imine (C=N–C) groups is 1. The highest BCUT2D eigenvalue weighted by atomic mass is 16.6. The fourth-order valence-corrected chi connectivity index (χ4v) is 2.22. The summed E-state index contributed by atoms with van der Waals surface area (Å²) in [7, 11) is 0. The molecule has 1 aliphatic heterocycles. The van der Waals surface area contributed by atoms with Crippen LogP contribution in [0.25, 0.3) is 6.08 Å². The quantitative estimate of drug-likeness (QED) is 0.637. The monoisotopic (exact) mass is 307 g/mol. The van der Waals surface area contributed by atoms with Crippen molar-refractivity contribution < 1.29 is 14.3 Å². The molecule has 23 heavy (non-hydrogen) atoms. The third-order valence-electron chi connectivity index (χ3n) is 3.22. The standard InChI is InChI=1S/C19H17NO3/c1-13(2)22-17-11-7-6-10-15(17)12-16-19(21)23-18(20-16)14-8-4-3-5-9-14/h3-13H,1-2H3/b16-12-. The minimum atomic E-state index is -0.455. The van der Waals surface area contributed by atoms with Gasteiger partial charge in [0.15, 0.2) is 5.70 Å². The van der Waals surface area contributed by atoms with Crippen LogP contribution >= 0.6 is 0 Å². The van der Waals surface area contributed by atoms with Crippen molar-refractivity contribution in [2.45, 2.75) is 20.0 Å². The van der Waals surface area contributed by atoms with Crippen LogP contribution in [0.15, 0.2) is 65.3 Å². The number of carbonyl (C=O) groups excluding carboxylic acids is 1. The van der Waals surface area contributed by atoms with Gasteiger partial charge in [0.25, 0.3) is 0 Å². The van der Waals surface area contributed by atoms with Crippen LogP contribution in [0.4, 0.5) is 0 Å². The van der Waals surface area contributed by atoms with Gasteiger partial charge in [-0.1, -0.05) is 36.4 Å². The summed E-state index contributed by atoms with van der Waals surface area (Å²) in [6, 6.07) is 16.9. The Balaban J connectivity index is 1.94. The van der Waals surface area contributed by atoms with E-state index in [0.29, 0.717) is 11.6 Å². The van der Waals surface area contributed by atoms with E-state index in [1.165, 1.54) is 0 Å². The minimum absolute atomic E-state index is 0.0495. The highest BCUT2D eigenvalue weighted by Crippen LogP contribution is 2.25. The molecule has 116 valence electrons. The van der Waals surface area contributed by atoms with Crippen molar-refractivity contribution in [1.29, 1.82) is 0 Å². The number of ether oxygens (including phenoxy) is 2. The maximum Gasteiger partial charge on any atom is 0.363 e. The fraction of sp³-hybridized carbons (Fsp3) is 0.158. The minimum Gasteiger partial charge on any atom is -0.490 e. The number of rotatable bonds is 4. The van der Waals surface area contributed by atoms with Crippen LogP contribution in [0.1, 0.15) is 25.0 Å². The van der Waals surface area contributed by atoms with Gasteiger partial charge in [-0.2, -0.15) is 0 Å². The molecule has 0 bridgehead atoms. The molecule has 4 nitrogen and oxygen atoms in total. The van der Waals surface area contributed by atoms with E-state index < -0.39 is 5.97 Å². The molecule has 0 atom stereocenters. The Labute approximate surface area is 135 Å². The molecule has 0 saturated carbocycles. The summed E-state index contributed by atoms with van der Waals surface area (Å²) in [6.45, 7) is 3.92. The Hall–Kier alpha value is -2.88. The maximum absolute atomic E-state index is 12.0. The van der Waals surface area contributed by atoms with Crippen LogP contribution in [0.3, 0.4) is 0 Å². The Morgan fingerprint density at radius 1 is 1.04 bits per heavy atom. The van der Waals surface area contributed by atoms with Crippen LogP contribution in [0.2, 0.25) is 0 Å². The molecule has 0 saturated heterocycles. The van der Waals surface area contributed by atoms with Gasteiger partial charge >= 0.3 is 5.97 Å². The molecule has 1 aliphatic rings. The lowest BCUT2D eigenvalue weighted by molar-refractivity contribution is -0.129. The molecule has 0 aliphatic carbocycles. The lowest BCUT2D eigenvalue weighted by Gasteiger charge is -2.12. The number of para-hydroxylation sites is 1. The van der Waals surface area contributed by atoms with E-state index in [0.717, 1.165) is 11.1 Å². The van der Waals surface area contributed by atoms with Gasteiger partial charge in [0.1, 0.15) is 5.75 Å². The van der Waals surface area contributed by atoms with Gasteiger partial charge < -0.3 is 9.47 Å². The van der Waals surface area contributed by atoms with E-state index in [1.54, 1.807) is 6.08 Å². The Morgan fingerprint density at radius 3 is 2.48 bits per heavy atom. The average Bonchev–Trinajstić information content (AvgIpc) is 2.91. The van der Waals surface area contributed by atoms with Gasteiger partial charge in [-0.05, 0) is 38.1 Å². The summed E-state index contributed by atoms with van der Waals surface area (Å²) < 4.78 is 11.0. The van der Waals surface area contributed by atoms with Gasteiger partial charge in [-0.3, -0.25) is 0 Å². The second kappa shape index (κ2) is 6.48. The summed E-state index contributed by atoms with van der Waals surface area (Å²) in [5, 5.41) is 0. The molecule has 2 aromatic rings. The third kappa shape index (κ3) is 3.48. The van der Waals surface area contributed by atoms with Crippen LogP contribution < -0.4 is 4.74 Å². The SMILES string of the molecule is CC(C)Oc1ccccc1/C=C1\N=C(c2ccccc2)OC1=O. The number of cyclic esters (lactones) is 1. The van der Waals surface area contributed by atoms with E-state index in [9.17, 15) is 4.79 Å². The molecular weight excluding hydrogens is 290 g/mol. The largest absolute Gasteiger partial charge is 0.490 e. The zero-order chi connectivity index (χ0) is 16.2. The van der Waals surface area contributed by atoms with Crippen LogP contribution in [0.5, 0.6) is 5.75 Å². The predicted molar refractivity (Wildman–Crippen MR) is 89.3 cm³/mol. The summed E-state index contributed by atoms with van der Waals surface area (Å²) in [6.07, 6.45) is 1.74. The van der Waals surface area contributed by atoms with Gasteiger partial charge in [0, 0.05) is 11.1 Å². The number of nitrogens with zero attached hydrogens (tertiary/aromatic N) is 1. The number of carbonyl (C=O) groups is 1. The molecule has 3 rings (SSSR count). The van der Waals surface area contributed by atoms with Crippen LogP contribution in [-0.2, 0) is 9.53 Å². The highest BCUT2D eigenvalue weighted by Gasteiger charge is 2.24. The number of hydrogen-bond donors (Lipinski definition) is 0. The zero-order valence-electron chi connectivity index (χ0n) is 13.0. The number of benzene rings is 2. The van der Waals surface area contributed by atoms with Crippen molar-refractivity contribution in [1.82, 2.24) is 0 Å².